The molecule has 0 saturated carbocycles. The molecule has 2 N–H and O–H groups in total. The van der Waals surface area contributed by atoms with E-state index in [1.165, 1.54) is 12.1 Å². The van der Waals surface area contributed by atoms with Gasteiger partial charge in [-0.1, -0.05) is 18.2 Å². The number of hydrogen-bond donors (Lipinski definition) is 2. The molecular weight excluding hydrogens is 261 g/mol. The first-order valence-corrected chi connectivity index (χ1v) is 6.00. The molecule has 2 aromatic rings. The number of halogens is 1. The number of ether oxygens (including phenoxy) is 1. The summed E-state index contributed by atoms with van der Waals surface area (Å²) in [5.41, 5.74) is 1.11. The number of hydrogen-bond acceptors (Lipinski definition) is 3. The van der Waals surface area contributed by atoms with Gasteiger partial charge in [-0.2, -0.15) is 0 Å². The van der Waals surface area contributed by atoms with Crippen LogP contribution in [0.15, 0.2) is 42.5 Å². The highest BCUT2D eigenvalue weighted by atomic mass is 19.1. The Morgan fingerprint density at radius 2 is 2.05 bits per heavy atom. The fourth-order valence-corrected chi connectivity index (χ4v) is 1.85. The zero-order chi connectivity index (χ0) is 14.5. The molecule has 0 amide bonds. The molecule has 0 aliphatic carbocycles. The van der Waals surface area contributed by atoms with Gasteiger partial charge < -0.3 is 15.2 Å². The van der Waals surface area contributed by atoms with Crippen LogP contribution < -0.4 is 10.1 Å². The number of aromatic carboxylic acids is 1. The van der Waals surface area contributed by atoms with E-state index in [-0.39, 0.29) is 5.56 Å². The van der Waals surface area contributed by atoms with Gasteiger partial charge in [-0.05, 0) is 24.3 Å². The first-order valence-electron chi connectivity index (χ1n) is 6.00. The number of anilines is 1. The molecule has 0 spiro atoms. The molecule has 0 aromatic heterocycles. The summed E-state index contributed by atoms with van der Waals surface area (Å²) in [5, 5.41) is 11.9. The van der Waals surface area contributed by atoms with Crippen molar-refractivity contribution in [1.82, 2.24) is 0 Å². The van der Waals surface area contributed by atoms with Crippen molar-refractivity contribution in [2.45, 2.75) is 6.54 Å². The van der Waals surface area contributed by atoms with Crippen LogP contribution in [0, 0.1) is 5.82 Å². The zero-order valence-corrected chi connectivity index (χ0v) is 10.9. The highest BCUT2D eigenvalue weighted by molar-refractivity contribution is 5.89. The summed E-state index contributed by atoms with van der Waals surface area (Å²) in [7, 11) is 1.58. The monoisotopic (exact) mass is 275 g/mol. The lowest BCUT2D eigenvalue weighted by Gasteiger charge is -2.11. The van der Waals surface area contributed by atoms with E-state index in [1.807, 2.05) is 24.3 Å². The Bertz CT molecular complexity index is 628. The summed E-state index contributed by atoms with van der Waals surface area (Å²) >= 11 is 0. The molecule has 0 aliphatic heterocycles. The highest BCUT2D eigenvalue weighted by Gasteiger charge is 2.11. The van der Waals surface area contributed by atoms with Gasteiger partial charge in [0, 0.05) is 17.8 Å². The van der Waals surface area contributed by atoms with E-state index in [9.17, 15) is 9.18 Å². The molecule has 2 aromatic carbocycles. The molecule has 20 heavy (non-hydrogen) atoms. The van der Waals surface area contributed by atoms with Crippen LogP contribution in [0.2, 0.25) is 0 Å². The number of nitrogens with one attached hydrogen (secondary N) is 1. The summed E-state index contributed by atoms with van der Waals surface area (Å²) < 4.78 is 18.5. The van der Waals surface area contributed by atoms with Crippen LogP contribution in [-0.4, -0.2) is 18.2 Å². The maximum Gasteiger partial charge on any atom is 0.338 e. The Kier molecular flexibility index (Phi) is 4.20. The van der Waals surface area contributed by atoms with Gasteiger partial charge in [0.2, 0.25) is 0 Å². The second kappa shape index (κ2) is 6.06. The van der Waals surface area contributed by atoms with Crippen LogP contribution in [0.4, 0.5) is 10.1 Å². The lowest BCUT2D eigenvalue weighted by Crippen LogP contribution is -2.05. The largest absolute Gasteiger partial charge is 0.496 e. The minimum absolute atomic E-state index is 0.352. The van der Waals surface area contributed by atoms with Gasteiger partial charge in [-0.15, -0.1) is 0 Å². The van der Waals surface area contributed by atoms with Crippen molar-refractivity contribution in [1.29, 1.82) is 0 Å². The van der Waals surface area contributed by atoms with Gasteiger partial charge in [0.15, 0.2) is 0 Å². The number of methoxy groups -OCH3 is 1. The maximum atomic E-state index is 13.3. The van der Waals surface area contributed by atoms with E-state index in [2.05, 4.69) is 5.32 Å². The van der Waals surface area contributed by atoms with E-state index >= 15 is 0 Å². The summed E-state index contributed by atoms with van der Waals surface area (Å²) in [6.45, 7) is 0.453. The number of para-hydroxylation sites is 1. The van der Waals surface area contributed by atoms with Crippen molar-refractivity contribution in [3.05, 3.63) is 59.4 Å². The fourth-order valence-electron chi connectivity index (χ4n) is 1.85. The zero-order valence-electron chi connectivity index (χ0n) is 10.9. The molecule has 0 heterocycles. The number of carbonyl (C=O) groups is 1. The third-order valence-electron chi connectivity index (χ3n) is 2.87. The predicted octanol–water partition coefficient (Wildman–Crippen LogP) is 3.14. The standard InChI is InChI=1S/C15H14FNO3/c1-20-14-5-3-2-4-10(14)9-17-11-6-7-13(16)12(8-11)15(18)19/h2-8,17H,9H2,1H3,(H,18,19). The predicted molar refractivity (Wildman–Crippen MR) is 73.7 cm³/mol. The van der Waals surface area contributed by atoms with Gasteiger partial charge in [0.1, 0.15) is 11.6 Å². The van der Waals surface area contributed by atoms with Crippen molar-refractivity contribution in [2.75, 3.05) is 12.4 Å². The minimum Gasteiger partial charge on any atom is -0.496 e. The number of carboxylic acids is 1. The van der Waals surface area contributed by atoms with E-state index in [1.54, 1.807) is 7.11 Å². The smallest absolute Gasteiger partial charge is 0.338 e. The summed E-state index contributed by atoms with van der Waals surface area (Å²) in [5.74, 6) is -1.30. The van der Waals surface area contributed by atoms with Crippen molar-refractivity contribution < 1.29 is 19.0 Å². The molecule has 2 rings (SSSR count). The second-order valence-electron chi connectivity index (χ2n) is 4.17. The van der Waals surface area contributed by atoms with Crippen LogP contribution in [0.25, 0.3) is 0 Å². The van der Waals surface area contributed by atoms with E-state index in [0.717, 1.165) is 17.4 Å². The van der Waals surface area contributed by atoms with E-state index in [0.29, 0.717) is 12.2 Å². The minimum atomic E-state index is -1.29. The van der Waals surface area contributed by atoms with E-state index in [4.69, 9.17) is 9.84 Å². The molecule has 0 unspecified atom stereocenters. The third kappa shape index (κ3) is 3.06. The maximum absolute atomic E-state index is 13.3. The number of rotatable bonds is 5. The van der Waals surface area contributed by atoms with Crippen LogP contribution in [0.3, 0.4) is 0 Å². The Morgan fingerprint density at radius 3 is 2.75 bits per heavy atom. The molecule has 0 bridgehead atoms. The molecule has 5 heteroatoms. The molecule has 104 valence electrons. The molecule has 0 radical (unpaired) electrons. The van der Waals surface area contributed by atoms with Crippen molar-refractivity contribution in [3.8, 4) is 5.75 Å². The van der Waals surface area contributed by atoms with Crippen molar-refractivity contribution in [3.63, 3.8) is 0 Å². The highest BCUT2D eigenvalue weighted by Crippen LogP contribution is 2.20. The van der Waals surface area contributed by atoms with Crippen LogP contribution >= 0.6 is 0 Å². The Labute approximate surface area is 115 Å². The summed E-state index contributed by atoms with van der Waals surface area (Å²) in [4.78, 5) is 10.9. The lowest BCUT2D eigenvalue weighted by molar-refractivity contribution is 0.0692. The lowest BCUT2D eigenvalue weighted by atomic mass is 10.1. The average molecular weight is 275 g/mol. The fraction of sp³-hybridized carbons (Fsp3) is 0.133. The molecule has 0 fully saturated rings. The topological polar surface area (TPSA) is 58.6 Å². The third-order valence-corrected chi connectivity index (χ3v) is 2.87. The first-order chi connectivity index (χ1) is 9.61. The normalized spacial score (nSPS) is 10.1. The Balaban J connectivity index is 2.15. The van der Waals surface area contributed by atoms with Gasteiger partial charge >= 0.3 is 5.97 Å². The van der Waals surface area contributed by atoms with E-state index < -0.39 is 11.8 Å². The quantitative estimate of drug-likeness (QED) is 0.880. The summed E-state index contributed by atoms with van der Waals surface area (Å²) in [6.07, 6.45) is 0. The SMILES string of the molecule is COc1ccccc1CNc1ccc(F)c(C(=O)O)c1. The Hall–Kier alpha value is -2.56. The van der Waals surface area contributed by atoms with Gasteiger partial charge in [0.25, 0.3) is 0 Å². The Morgan fingerprint density at radius 1 is 1.30 bits per heavy atom. The average Bonchev–Trinajstić information content (AvgIpc) is 2.46. The van der Waals surface area contributed by atoms with Gasteiger partial charge in [0.05, 0.1) is 12.7 Å². The van der Waals surface area contributed by atoms with Gasteiger partial charge in [-0.25, -0.2) is 9.18 Å². The summed E-state index contributed by atoms with van der Waals surface area (Å²) in [6, 6.07) is 11.4. The van der Waals surface area contributed by atoms with Gasteiger partial charge in [-0.3, -0.25) is 0 Å². The van der Waals surface area contributed by atoms with Crippen molar-refractivity contribution in [2.24, 2.45) is 0 Å². The van der Waals surface area contributed by atoms with Crippen LogP contribution in [-0.2, 0) is 6.54 Å². The van der Waals surface area contributed by atoms with Crippen LogP contribution in [0.1, 0.15) is 15.9 Å². The van der Waals surface area contributed by atoms with Crippen LogP contribution in [0.5, 0.6) is 5.75 Å². The van der Waals surface area contributed by atoms with Crippen molar-refractivity contribution >= 4 is 11.7 Å². The molecule has 0 atom stereocenters. The molecule has 4 nitrogen and oxygen atoms in total. The molecule has 0 aliphatic rings. The second-order valence-corrected chi connectivity index (χ2v) is 4.17. The first kappa shape index (κ1) is 13.9. The molecule has 0 saturated heterocycles. The number of benzene rings is 2. The number of carboxylic acid groups (broad SMARTS) is 1. The molecular formula is C15H14FNO3.